The maximum Gasteiger partial charge on any atom is 0.135 e. The maximum absolute atomic E-state index is 5.84. The van der Waals surface area contributed by atoms with Crippen molar-refractivity contribution in [2.24, 2.45) is 0 Å². The summed E-state index contributed by atoms with van der Waals surface area (Å²) in [5.74, 6) is 1.99. The molecule has 0 amide bonds. The van der Waals surface area contributed by atoms with Gasteiger partial charge in [0.2, 0.25) is 0 Å². The molecule has 16 heavy (non-hydrogen) atoms. The van der Waals surface area contributed by atoms with Crippen molar-refractivity contribution in [2.75, 3.05) is 12.8 Å². The summed E-state index contributed by atoms with van der Waals surface area (Å²) in [7, 11) is 1.64. The molecule has 4 nitrogen and oxygen atoms in total. The Kier molecular flexibility index (Phi) is 2.72. The van der Waals surface area contributed by atoms with Crippen molar-refractivity contribution in [1.29, 1.82) is 0 Å². The van der Waals surface area contributed by atoms with E-state index in [0.717, 1.165) is 16.9 Å². The van der Waals surface area contributed by atoms with Gasteiger partial charge < -0.3 is 10.5 Å². The van der Waals surface area contributed by atoms with Crippen LogP contribution >= 0.6 is 0 Å². The van der Waals surface area contributed by atoms with Crippen molar-refractivity contribution in [1.82, 2.24) is 9.97 Å². The summed E-state index contributed by atoms with van der Waals surface area (Å²) in [4.78, 5) is 8.26. The zero-order chi connectivity index (χ0) is 11.5. The lowest BCUT2D eigenvalue weighted by Gasteiger charge is -2.06. The van der Waals surface area contributed by atoms with Gasteiger partial charge in [0.15, 0.2) is 0 Å². The lowest BCUT2D eigenvalue weighted by atomic mass is 10.1. The summed E-state index contributed by atoms with van der Waals surface area (Å²) in [6.07, 6.45) is 1.74. The smallest absolute Gasteiger partial charge is 0.135 e. The largest absolute Gasteiger partial charge is 0.497 e. The number of rotatable bonds is 2. The molecule has 82 valence electrons. The molecule has 4 heteroatoms. The van der Waals surface area contributed by atoms with E-state index in [2.05, 4.69) is 9.97 Å². The predicted molar refractivity (Wildman–Crippen MR) is 63.2 cm³/mol. The third kappa shape index (κ3) is 1.95. The second-order valence-corrected chi connectivity index (χ2v) is 3.44. The van der Waals surface area contributed by atoms with Gasteiger partial charge in [0.05, 0.1) is 7.11 Å². The van der Waals surface area contributed by atoms with Crippen LogP contribution in [0.2, 0.25) is 0 Å². The molecular formula is C12H13N3O. The highest BCUT2D eigenvalue weighted by Crippen LogP contribution is 2.25. The molecule has 1 aromatic carbocycles. The summed E-state index contributed by atoms with van der Waals surface area (Å²) < 4.78 is 5.09. The number of nitrogens with zero attached hydrogens (tertiary/aromatic N) is 2. The van der Waals surface area contributed by atoms with Crippen molar-refractivity contribution >= 4 is 5.82 Å². The Morgan fingerprint density at radius 2 is 1.88 bits per heavy atom. The zero-order valence-electron chi connectivity index (χ0n) is 9.27. The van der Waals surface area contributed by atoms with Gasteiger partial charge in [-0.15, -0.1) is 0 Å². The molecule has 1 aromatic heterocycles. The molecule has 0 spiro atoms. The Labute approximate surface area is 94.1 Å². The Hall–Kier alpha value is -2.10. The van der Waals surface area contributed by atoms with Gasteiger partial charge in [-0.05, 0) is 24.6 Å². The van der Waals surface area contributed by atoms with E-state index in [1.807, 2.05) is 31.2 Å². The molecule has 0 radical (unpaired) electrons. The number of nitrogen functional groups attached to an aromatic ring is 1. The molecule has 2 rings (SSSR count). The number of hydrogen-bond acceptors (Lipinski definition) is 4. The Balaban J connectivity index is 2.42. The van der Waals surface area contributed by atoms with Crippen LogP contribution in [0.25, 0.3) is 11.1 Å². The normalized spacial score (nSPS) is 10.1. The van der Waals surface area contributed by atoms with Gasteiger partial charge in [0.25, 0.3) is 0 Å². The molecule has 0 atom stereocenters. The highest BCUT2D eigenvalue weighted by atomic mass is 16.5. The second kappa shape index (κ2) is 4.18. The van der Waals surface area contributed by atoms with E-state index in [9.17, 15) is 0 Å². The number of methoxy groups -OCH3 is 1. The fourth-order valence-electron chi connectivity index (χ4n) is 1.48. The first-order chi connectivity index (χ1) is 7.70. The minimum atomic E-state index is 0.498. The molecular weight excluding hydrogens is 202 g/mol. The van der Waals surface area contributed by atoms with Crippen LogP contribution in [-0.2, 0) is 0 Å². The van der Waals surface area contributed by atoms with Gasteiger partial charge in [-0.2, -0.15) is 0 Å². The summed E-state index contributed by atoms with van der Waals surface area (Å²) in [6, 6.07) is 7.63. The fraction of sp³-hybridized carbons (Fsp3) is 0.167. The lowest BCUT2D eigenvalue weighted by molar-refractivity contribution is 0.415. The number of ether oxygens (including phenoxy) is 1. The van der Waals surface area contributed by atoms with Crippen molar-refractivity contribution in [3.05, 3.63) is 36.3 Å². The van der Waals surface area contributed by atoms with Crippen LogP contribution in [0.1, 0.15) is 5.82 Å². The van der Waals surface area contributed by atoms with Gasteiger partial charge in [-0.25, -0.2) is 9.97 Å². The summed E-state index contributed by atoms with van der Waals surface area (Å²) in [5.41, 5.74) is 7.67. The standard InChI is InChI=1S/C12H13N3O/c1-8-14-7-11(12(13)15-8)9-3-5-10(16-2)6-4-9/h3-7H,1-2H3,(H2,13,14,15). The highest BCUT2D eigenvalue weighted by Gasteiger charge is 2.04. The van der Waals surface area contributed by atoms with E-state index >= 15 is 0 Å². The molecule has 0 fully saturated rings. The second-order valence-electron chi connectivity index (χ2n) is 3.44. The van der Waals surface area contributed by atoms with Crippen LogP contribution in [0.5, 0.6) is 5.75 Å². The number of aryl methyl sites for hydroxylation is 1. The first-order valence-electron chi connectivity index (χ1n) is 4.94. The van der Waals surface area contributed by atoms with Crippen LogP contribution in [0.15, 0.2) is 30.5 Å². The molecule has 0 bridgehead atoms. The van der Waals surface area contributed by atoms with Crippen LogP contribution in [0.3, 0.4) is 0 Å². The summed E-state index contributed by atoms with van der Waals surface area (Å²) in [5, 5.41) is 0. The van der Waals surface area contributed by atoms with Gasteiger partial charge in [-0.3, -0.25) is 0 Å². The number of nitrogens with two attached hydrogens (primary N) is 1. The monoisotopic (exact) mass is 215 g/mol. The molecule has 2 N–H and O–H groups in total. The Bertz CT molecular complexity index is 494. The van der Waals surface area contributed by atoms with Gasteiger partial charge in [0, 0.05) is 11.8 Å². The van der Waals surface area contributed by atoms with Crippen molar-refractivity contribution in [3.63, 3.8) is 0 Å². The molecule has 0 aliphatic carbocycles. The average molecular weight is 215 g/mol. The summed E-state index contributed by atoms with van der Waals surface area (Å²) in [6.45, 7) is 1.81. The number of benzene rings is 1. The van der Waals surface area contributed by atoms with Crippen LogP contribution < -0.4 is 10.5 Å². The quantitative estimate of drug-likeness (QED) is 0.832. The van der Waals surface area contributed by atoms with E-state index in [-0.39, 0.29) is 0 Å². The van der Waals surface area contributed by atoms with E-state index in [4.69, 9.17) is 10.5 Å². The van der Waals surface area contributed by atoms with E-state index in [0.29, 0.717) is 11.6 Å². The number of anilines is 1. The molecule has 0 saturated carbocycles. The van der Waals surface area contributed by atoms with E-state index in [1.54, 1.807) is 13.3 Å². The SMILES string of the molecule is COc1ccc(-c2cnc(C)nc2N)cc1. The Morgan fingerprint density at radius 3 is 2.44 bits per heavy atom. The first-order valence-corrected chi connectivity index (χ1v) is 4.94. The zero-order valence-corrected chi connectivity index (χ0v) is 9.27. The molecule has 2 aromatic rings. The van der Waals surface area contributed by atoms with E-state index in [1.165, 1.54) is 0 Å². The van der Waals surface area contributed by atoms with Crippen molar-refractivity contribution in [3.8, 4) is 16.9 Å². The van der Waals surface area contributed by atoms with Crippen molar-refractivity contribution in [2.45, 2.75) is 6.92 Å². The molecule has 0 unspecified atom stereocenters. The fourth-order valence-corrected chi connectivity index (χ4v) is 1.48. The van der Waals surface area contributed by atoms with Gasteiger partial charge in [0.1, 0.15) is 17.4 Å². The van der Waals surface area contributed by atoms with Crippen LogP contribution in [-0.4, -0.2) is 17.1 Å². The maximum atomic E-state index is 5.84. The third-order valence-electron chi connectivity index (χ3n) is 2.34. The molecule has 0 saturated heterocycles. The minimum Gasteiger partial charge on any atom is -0.497 e. The van der Waals surface area contributed by atoms with E-state index < -0.39 is 0 Å². The predicted octanol–water partition coefficient (Wildman–Crippen LogP) is 2.04. The highest BCUT2D eigenvalue weighted by molar-refractivity contribution is 5.73. The van der Waals surface area contributed by atoms with Gasteiger partial charge >= 0.3 is 0 Å². The minimum absolute atomic E-state index is 0.498. The molecule has 1 heterocycles. The van der Waals surface area contributed by atoms with Gasteiger partial charge in [-0.1, -0.05) is 12.1 Å². The van der Waals surface area contributed by atoms with Crippen LogP contribution in [0.4, 0.5) is 5.82 Å². The molecule has 0 aliphatic heterocycles. The van der Waals surface area contributed by atoms with Crippen LogP contribution in [0, 0.1) is 6.92 Å². The lowest BCUT2D eigenvalue weighted by Crippen LogP contribution is -1.98. The van der Waals surface area contributed by atoms with Crippen molar-refractivity contribution < 1.29 is 4.74 Å². The third-order valence-corrected chi connectivity index (χ3v) is 2.34. The number of aromatic nitrogens is 2. The summed E-state index contributed by atoms with van der Waals surface area (Å²) >= 11 is 0. The Morgan fingerprint density at radius 1 is 1.19 bits per heavy atom. The molecule has 0 aliphatic rings. The first kappa shape index (κ1) is 10.4. The average Bonchev–Trinajstić information content (AvgIpc) is 2.29. The topological polar surface area (TPSA) is 61.0 Å². The number of hydrogen-bond donors (Lipinski definition) is 1.